The number of rotatable bonds is 2. The third-order valence-corrected chi connectivity index (χ3v) is 1.98. The monoisotopic (exact) mass is 158 g/mol. The Kier molecular flexibility index (Phi) is 4.46. The third kappa shape index (κ3) is 3.07. The molecule has 10 heavy (non-hydrogen) atoms. The van der Waals surface area contributed by atoms with E-state index in [1.165, 1.54) is 5.57 Å². The summed E-state index contributed by atoms with van der Waals surface area (Å²) in [5.41, 5.74) is 1.25. The van der Waals surface area contributed by atoms with Crippen molar-refractivity contribution in [2.45, 2.75) is 27.7 Å². The highest BCUT2D eigenvalue weighted by molar-refractivity contribution is 6.31. The van der Waals surface area contributed by atoms with E-state index in [0.717, 1.165) is 5.03 Å². The second-order valence-corrected chi connectivity index (χ2v) is 3.09. The predicted molar refractivity (Wildman–Crippen MR) is 48.2 cm³/mol. The summed E-state index contributed by atoms with van der Waals surface area (Å²) in [6.07, 6.45) is 3.88. The Labute approximate surface area is 68.6 Å². The molecule has 0 unspecified atom stereocenters. The molecule has 0 atom stereocenters. The molecule has 0 aromatic carbocycles. The van der Waals surface area contributed by atoms with Crippen molar-refractivity contribution < 1.29 is 0 Å². The first-order chi connectivity index (χ1) is 4.59. The van der Waals surface area contributed by atoms with Gasteiger partial charge < -0.3 is 0 Å². The minimum Gasteiger partial charge on any atom is -0.0862 e. The molecular weight excluding hydrogens is 144 g/mol. The summed E-state index contributed by atoms with van der Waals surface area (Å²) >= 11 is 5.92. The Balaban J connectivity index is 4.34. The zero-order valence-electron chi connectivity index (χ0n) is 7.11. The van der Waals surface area contributed by atoms with Crippen molar-refractivity contribution in [2.24, 2.45) is 5.92 Å². The largest absolute Gasteiger partial charge is 0.0862 e. The van der Waals surface area contributed by atoms with Gasteiger partial charge >= 0.3 is 0 Å². The number of halogens is 1. The maximum Gasteiger partial charge on any atom is 0.0394 e. The first-order valence-electron chi connectivity index (χ1n) is 3.58. The molecule has 0 bridgehead atoms. The molecule has 0 rings (SSSR count). The first-order valence-corrected chi connectivity index (χ1v) is 3.96. The zero-order valence-corrected chi connectivity index (χ0v) is 7.87. The van der Waals surface area contributed by atoms with Crippen molar-refractivity contribution in [1.29, 1.82) is 0 Å². The summed E-state index contributed by atoms with van der Waals surface area (Å²) in [6, 6.07) is 0. The summed E-state index contributed by atoms with van der Waals surface area (Å²) in [5.74, 6) is 0.545. The molecule has 0 aromatic rings. The molecule has 0 aliphatic rings. The van der Waals surface area contributed by atoms with Crippen LogP contribution >= 0.6 is 11.6 Å². The van der Waals surface area contributed by atoms with E-state index in [9.17, 15) is 0 Å². The van der Waals surface area contributed by atoms with Gasteiger partial charge in [-0.1, -0.05) is 37.1 Å². The van der Waals surface area contributed by atoms with Crippen LogP contribution in [-0.2, 0) is 0 Å². The summed E-state index contributed by atoms with van der Waals surface area (Å²) in [6.45, 7) is 8.31. The second-order valence-electron chi connectivity index (χ2n) is 2.69. The molecule has 0 radical (unpaired) electrons. The Hall–Kier alpha value is -0.230. The van der Waals surface area contributed by atoms with E-state index in [0.29, 0.717) is 5.92 Å². The quantitative estimate of drug-likeness (QED) is 0.538. The first kappa shape index (κ1) is 9.77. The molecule has 0 aliphatic heterocycles. The van der Waals surface area contributed by atoms with Crippen LogP contribution in [0.4, 0.5) is 0 Å². The maximum atomic E-state index is 5.92. The fourth-order valence-electron chi connectivity index (χ4n) is 0.554. The second kappa shape index (κ2) is 4.56. The van der Waals surface area contributed by atoms with Crippen molar-refractivity contribution in [3.8, 4) is 0 Å². The highest BCUT2D eigenvalue weighted by Crippen LogP contribution is 2.17. The van der Waals surface area contributed by atoms with Gasteiger partial charge in [-0.2, -0.15) is 0 Å². The van der Waals surface area contributed by atoms with E-state index >= 15 is 0 Å². The van der Waals surface area contributed by atoms with E-state index in [1.807, 2.05) is 19.1 Å². The molecule has 0 saturated carbocycles. The highest BCUT2D eigenvalue weighted by Gasteiger charge is 1.99. The van der Waals surface area contributed by atoms with Crippen molar-refractivity contribution in [3.05, 3.63) is 22.8 Å². The van der Waals surface area contributed by atoms with Crippen molar-refractivity contribution in [3.63, 3.8) is 0 Å². The van der Waals surface area contributed by atoms with E-state index in [1.54, 1.807) is 0 Å². The molecule has 0 fully saturated rings. The van der Waals surface area contributed by atoms with Gasteiger partial charge in [0.25, 0.3) is 0 Å². The van der Waals surface area contributed by atoms with Gasteiger partial charge in [-0.05, 0) is 25.8 Å². The van der Waals surface area contributed by atoms with E-state index in [2.05, 4.69) is 20.8 Å². The fourth-order valence-corrected chi connectivity index (χ4v) is 0.898. The lowest BCUT2D eigenvalue weighted by Gasteiger charge is -2.05. The molecule has 0 aromatic heterocycles. The number of hydrogen-bond acceptors (Lipinski definition) is 0. The topological polar surface area (TPSA) is 0 Å². The van der Waals surface area contributed by atoms with Crippen molar-refractivity contribution in [1.82, 2.24) is 0 Å². The average molecular weight is 159 g/mol. The van der Waals surface area contributed by atoms with Crippen LogP contribution in [0.2, 0.25) is 0 Å². The highest BCUT2D eigenvalue weighted by atomic mass is 35.5. The fraction of sp³-hybridized carbons (Fsp3) is 0.556. The van der Waals surface area contributed by atoms with Gasteiger partial charge in [0.1, 0.15) is 0 Å². The molecule has 0 aliphatic carbocycles. The zero-order chi connectivity index (χ0) is 8.15. The molecular formula is C9H15Cl. The SMILES string of the molecule is C/C=C\C(Cl)=C(/C)C(C)C. The summed E-state index contributed by atoms with van der Waals surface area (Å²) < 4.78 is 0. The molecule has 0 amide bonds. The number of hydrogen-bond donors (Lipinski definition) is 0. The third-order valence-electron chi connectivity index (χ3n) is 1.56. The van der Waals surface area contributed by atoms with Gasteiger partial charge in [-0.25, -0.2) is 0 Å². The van der Waals surface area contributed by atoms with Crippen LogP contribution in [0.1, 0.15) is 27.7 Å². The number of allylic oxidation sites excluding steroid dienone is 4. The average Bonchev–Trinajstić information content (AvgIpc) is 1.87. The standard InChI is InChI=1S/C9H15Cl/c1-5-6-9(10)8(4)7(2)3/h5-7H,1-4H3/b6-5-,9-8-. The van der Waals surface area contributed by atoms with Crippen LogP contribution in [0.15, 0.2) is 22.8 Å². The van der Waals surface area contributed by atoms with Crippen molar-refractivity contribution >= 4 is 11.6 Å². The summed E-state index contributed by atoms with van der Waals surface area (Å²) in [7, 11) is 0. The van der Waals surface area contributed by atoms with E-state index in [4.69, 9.17) is 11.6 Å². The lowest BCUT2D eigenvalue weighted by atomic mass is 10.1. The molecule has 0 saturated heterocycles. The lowest BCUT2D eigenvalue weighted by Crippen LogP contribution is -1.89. The van der Waals surface area contributed by atoms with Gasteiger partial charge in [0, 0.05) is 5.03 Å². The smallest absolute Gasteiger partial charge is 0.0394 e. The van der Waals surface area contributed by atoms with Crippen LogP contribution in [0.5, 0.6) is 0 Å². The molecule has 0 spiro atoms. The molecule has 0 nitrogen and oxygen atoms in total. The Bertz CT molecular complexity index is 152. The lowest BCUT2D eigenvalue weighted by molar-refractivity contribution is 0.767. The van der Waals surface area contributed by atoms with Crippen LogP contribution in [0, 0.1) is 5.92 Å². The Morgan fingerprint density at radius 2 is 1.90 bits per heavy atom. The maximum absolute atomic E-state index is 5.92. The van der Waals surface area contributed by atoms with Gasteiger partial charge in [0.05, 0.1) is 0 Å². The van der Waals surface area contributed by atoms with Crippen molar-refractivity contribution in [2.75, 3.05) is 0 Å². The van der Waals surface area contributed by atoms with Crippen LogP contribution in [-0.4, -0.2) is 0 Å². The predicted octanol–water partition coefficient (Wildman–Crippen LogP) is 3.73. The van der Waals surface area contributed by atoms with E-state index < -0.39 is 0 Å². The summed E-state index contributed by atoms with van der Waals surface area (Å²) in [4.78, 5) is 0. The molecule has 58 valence electrons. The Morgan fingerprint density at radius 1 is 1.40 bits per heavy atom. The minimum atomic E-state index is 0.545. The van der Waals surface area contributed by atoms with Gasteiger partial charge in [-0.15, -0.1) is 0 Å². The van der Waals surface area contributed by atoms with Gasteiger partial charge in [-0.3, -0.25) is 0 Å². The van der Waals surface area contributed by atoms with Gasteiger partial charge in [0.2, 0.25) is 0 Å². The minimum absolute atomic E-state index is 0.545. The molecule has 1 heteroatoms. The van der Waals surface area contributed by atoms with Crippen LogP contribution in [0.3, 0.4) is 0 Å². The van der Waals surface area contributed by atoms with E-state index in [-0.39, 0.29) is 0 Å². The van der Waals surface area contributed by atoms with Crippen LogP contribution in [0.25, 0.3) is 0 Å². The molecule has 0 heterocycles. The molecule has 0 N–H and O–H groups in total. The summed E-state index contributed by atoms with van der Waals surface area (Å²) in [5, 5.41) is 0.873. The van der Waals surface area contributed by atoms with Gasteiger partial charge in [0.15, 0.2) is 0 Å². The normalized spacial score (nSPS) is 14.6. The Morgan fingerprint density at radius 3 is 2.20 bits per heavy atom. The van der Waals surface area contributed by atoms with Crippen LogP contribution < -0.4 is 0 Å².